The van der Waals surface area contributed by atoms with Gasteiger partial charge in [-0.1, -0.05) is 36.4 Å². The molecule has 0 radical (unpaired) electrons. The van der Waals surface area contributed by atoms with Crippen LogP contribution in [0.3, 0.4) is 0 Å². The van der Waals surface area contributed by atoms with Crippen molar-refractivity contribution in [1.82, 2.24) is 14.9 Å². The van der Waals surface area contributed by atoms with Gasteiger partial charge in [0.25, 0.3) is 17.7 Å². The van der Waals surface area contributed by atoms with E-state index in [1.54, 1.807) is 60.5 Å². The molecule has 0 N–H and O–H groups in total. The Bertz CT molecular complexity index is 1890. The van der Waals surface area contributed by atoms with Gasteiger partial charge in [0.15, 0.2) is 0 Å². The summed E-state index contributed by atoms with van der Waals surface area (Å²) in [6.07, 6.45) is 0. The van der Waals surface area contributed by atoms with Gasteiger partial charge in [0, 0.05) is 11.9 Å². The van der Waals surface area contributed by atoms with E-state index in [1.165, 1.54) is 7.11 Å². The van der Waals surface area contributed by atoms with Crippen molar-refractivity contribution >= 4 is 44.6 Å². The molecule has 3 aromatic carbocycles. The molecule has 10 nitrogen and oxygen atoms in total. The molecule has 2 aromatic heterocycles. The SMILES string of the molecule is COc1ccc(CN(C(=O)c2ccc(Br)c(OC)n2)[C@H](CON2C(=O)c3ccccc3C2=O)c2cc3c(C)cccc3o2)cc1. The van der Waals surface area contributed by atoms with Gasteiger partial charge < -0.3 is 18.8 Å². The minimum Gasteiger partial charge on any atom is -0.497 e. The molecular formula is C34H28BrN3O7. The zero-order valence-electron chi connectivity index (χ0n) is 24.7. The molecule has 0 fully saturated rings. The first-order valence-corrected chi connectivity index (χ1v) is 14.8. The lowest BCUT2D eigenvalue weighted by atomic mass is 10.1. The fourth-order valence-corrected chi connectivity index (χ4v) is 5.61. The Kier molecular flexibility index (Phi) is 8.38. The molecule has 0 saturated heterocycles. The Balaban J connectivity index is 1.43. The Morgan fingerprint density at radius 1 is 0.933 bits per heavy atom. The standard InChI is InChI=1S/C34H28BrN3O7/c1-20-7-6-10-29-25(20)17-30(45-29)28(19-44-38-32(39)23-8-4-5-9-24(23)33(38)40)37(18-21-11-13-22(42-2)14-12-21)34(41)27-16-15-26(35)31(36-27)43-3/h4-17,28H,18-19H2,1-3H3/t28-/m1/s1. The predicted molar refractivity (Wildman–Crippen MR) is 168 cm³/mol. The van der Waals surface area contributed by atoms with Gasteiger partial charge >= 0.3 is 0 Å². The number of pyridine rings is 1. The van der Waals surface area contributed by atoms with Gasteiger partial charge in [-0.3, -0.25) is 19.2 Å². The predicted octanol–water partition coefficient (Wildman–Crippen LogP) is 6.53. The summed E-state index contributed by atoms with van der Waals surface area (Å²) in [4.78, 5) is 52.6. The van der Waals surface area contributed by atoms with Gasteiger partial charge in [-0.15, -0.1) is 5.06 Å². The number of hydrogen-bond donors (Lipinski definition) is 0. The number of furan rings is 1. The molecule has 1 aliphatic rings. The van der Waals surface area contributed by atoms with Crippen LogP contribution < -0.4 is 9.47 Å². The van der Waals surface area contributed by atoms with Gasteiger partial charge in [-0.2, -0.15) is 0 Å². The summed E-state index contributed by atoms with van der Waals surface area (Å²) in [5.74, 6) is -0.312. The Labute approximate surface area is 267 Å². The largest absolute Gasteiger partial charge is 0.497 e. The lowest BCUT2D eigenvalue weighted by Crippen LogP contribution is -2.40. The number of nitrogens with zero attached hydrogens (tertiary/aromatic N) is 3. The van der Waals surface area contributed by atoms with Crippen molar-refractivity contribution in [3.63, 3.8) is 0 Å². The molecule has 0 unspecified atom stereocenters. The number of aryl methyl sites for hydroxylation is 1. The minimum absolute atomic E-state index is 0.106. The third-order valence-corrected chi connectivity index (χ3v) is 8.22. The normalized spacial score (nSPS) is 13.2. The monoisotopic (exact) mass is 669 g/mol. The van der Waals surface area contributed by atoms with E-state index < -0.39 is 23.8 Å². The number of rotatable bonds is 10. The molecule has 1 atom stereocenters. The minimum atomic E-state index is -0.896. The van der Waals surface area contributed by atoms with Crippen LogP contribution in [-0.4, -0.2) is 53.5 Å². The van der Waals surface area contributed by atoms with E-state index in [-0.39, 0.29) is 35.9 Å². The van der Waals surface area contributed by atoms with Crippen molar-refractivity contribution in [3.8, 4) is 11.6 Å². The summed E-state index contributed by atoms with van der Waals surface area (Å²) in [5, 5.41) is 1.60. The smallest absolute Gasteiger partial charge is 0.285 e. The number of methoxy groups -OCH3 is 2. The van der Waals surface area contributed by atoms with E-state index in [1.807, 2.05) is 43.3 Å². The van der Waals surface area contributed by atoms with Crippen LogP contribution in [0.15, 0.2) is 93.8 Å². The van der Waals surface area contributed by atoms with Crippen molar-refractivity contribution in [2.24, 2.45) is 0 Å². The van der Waals surface area contributed by atoms with Crippen molar-refractivity contribution in [3.05, 3.63) is 123 Å². The van der Waals surface area contributed by atoms with Crippen molar-refractivity contribution in [1.29, 1.82) is 0 Å². The van der Waals surface area contributed by atoms with Gasteiger partial charge in [0.2, 0.25) is 5.88 Å². The summed E-state index contributed by atoms with van der Waals surface area (Å²) in [5.41, 5.74) is 2.99. The van der Waals surface area contributed by atoms with Gasteiger partial charge in [0.1, 0.15) is 35.4 Å². The van der Waals surface area contributed by atoms with Crippen LogP contribution in [0.5, 0.6) is 11.6 Å². The molecule has 0 saturated carbocycles. The maximum absolute atomic E-state index is 14.4. The first kappa shape index (κ1) is 30.0. The molecular weight excluding hydrogens is 642 g/mol. The van der Waals surface area contributed by atoms with Crippen molar-refractivity contribution in [2.75, 3.05) is 20.8 Å². The second-order valence-corrected chi connectivity index (χ2v) is 11.2. The van der Waals surface area contributed by atoms with E-state index in [9.17, 15) is 14.4 Å². The van der Waals surface area contributed by atoms with E-state index in [4.69, 9.17) is 18.7 Å². The maximum Gasteiger partial charge on any atom is 0.285 e. The highest BCUT2D eigenvalue weighted by atomic mass is 79.9. The number of carbonyl (C=O) groups excluding carboxylic acids is 3. The molecule has 228 valence electrons. The summed E-state index contributed by atoms with van der Waals surface area (Å²) >= 11 is 3.39. The number of hydrogen-bond acceptors (Lipinski definition) is 8. The first-order chi connectivity index (χ1) is 21.8. The van der Waals surface area contributed by atoms with Crippen LogP contribution in [-0.2, 0) is 11.4 Å². The molecule has 5 aromatic rings. The lowest BCUT2D eigenvalue weighted by Gasteiger charge is -2.31. The van der Waals surface area contributed by atoms with Crippen molar-refractivity contribution < 1.29 is 33.1 Å². The number of aromatic nitrogens is 1. The van der Waals surface area contributed by atoms with Gasteiger partial charge in [-0.25, -0.2) is 4.98 Å². The quantitative estimate of drug-likeness (QED) is 0.154. The fraction of sp³-hybridized carbons (Fsp3) is 0.176. The lowest BCUT2D eigenvalue weighted by molar-refractivity contribution is -0.108. The van der Waals surface area contributed by atoms with E-state index in [0.29, 0.717) is 21.6 Å². The molecule has 45 heavy (non-hydrogen) atoms. The fourth-order valence-electron chi connectivity index (χ4n) is 5.23. The number of imide groups is 1. The van der Waals surface area contributed by atoms with E-state index in [0.717, 1.165) is 21.6 Å². The molecule has 6 rings (SSSR count). The van der Waals surface area contributed by atoms with Crippen molar-refractivity contribution in [2.45, 2.75) is 19.5 Å². The summed E-state index contributed by atoms with van der Waals surface area (Å²) in [6, 6.07) is 23.7. The molecule has 11 heteroatoms. The number of amides is 3. The van der Waals surface area contributed by atoms with Crippen LogP contribution in [0.4, 0.5) is 0 Å². The van der Waals surface area contributed by atoms with E-state index >= 15 is 0 Å². The molecule has 0 spiro atoms. The molecule has 1 aliphatic heterocycles. The molecule has 3 amide bonds. The number of halogens is 1. The van der Waals surface area contributed by atoms with Gasteiger partial charge in [-0.05, 0) is 82.5 Å². The molecule has 0 aliphatic carbocycles. The maximum atomic E-state index is 14.4. The zero-order valence-corrected chi connectivity index (χ0v) is 26.2. The Hall–Kier alpha value is -5.00. The second-order valence-electron chi connectivity index (χ2n) is 10.4. The van der Waals surface area contributed by atoms with Crippen LogP contribution in [0.1, 0.15) is 54.1 Å². The summed E-state index contributed by atoms with van der Waals surface area (Å²) in [7, 11) is 3.04. The highest BCUT2D eigenvalue weighted by Gasteiger charge is 2.39. The number of hydroxylamine groups is 2. The Morgan fingerprint density at radius 3 is 2.29 bits per heavy atom. The number of benzene rings is 3. The summed E-state index contributed by atoms with van der Waals surface area (Å²) < 4.78 is 17.6. The molecule has 0 bridgehead atoms. The number of ether oxygens (including phenoxy) is 2. The summed E-state index contributed by atoms with van der Waals surface area (Å²) in [6.45, 7) is 1.79. The second kappa shape index (κ2) is 12.5. The highest BCUT2D eigenvalue weighted by molar-refractivity contribution is 9.10. The van der Waals surface area contributed by atoms with Crippen LogP contribution in [0.2, 0.25) is 0 Å². The van der Waals surface area contributed by atoms with E-state index in [2.05, 4.69) is 20.9 Å². The highest BCUT2D eigenvalue weighted by Crippen LogP contribution is 2.34. The van der Waals surface area contributed by atoms with Crippen LogP contribution in [0.25, 0.3) is 11.0 Å². The number of fused-ring (bicyclic) bond motifs is 2. The van der Waals surface area contributed by atoms with Crippen LogP contribution in [0, 0.1) is 6.92 Å². The first-order valence-electron chi connectivity index (χ1n) is 14.0. The average Bonchev–Trinajstić information content (AvgIpc) is 3.60. The van der Waals surface area contributed by atoms with Gasteiger partial charge in [0.05, 0.1) is 29.8 Å². The Morgan fingerprint density at radius 2 is 1.64 bits per heavy atom. The molecule has 3 heterocycles. The number of carbonyl (C=O) groups is 3. The third-order valence-electron chi connectivity index (χ3n) is 7.62. The zero-order chi connectivity index (χ0) is 31.7. The topological polar surface area (TPSA) is 111 Å². The third kappa shape index (κ3) is 5.79. The van der Waals surface area contributed by atoms with Crippen LogP contribution >= 0.6 is 15.9 Å². The average molecular weight is 671 g/mol.